The summed E-state index contributed by atoms with van der Waals surface area (Å²) in [4.78, 5) is 11.4. The third-order valence-electron chi connectivity index (χ3n) is 2.27. The molecule has 4 heteroatoms. The Morgan fingerprint density at radius 1 is 1.62 bits per heavy atom. The smallest absolute Gasteiger partial charge is 0.264 e. The van der Waals surface area contributed by atoms with Gasteiger partial charge in [-0.05, 0) is 24.6 Å². The number of benzene rings is 1. The molecule has 2 N–H and O–H groups in total. The molecule has 0 aliphatic rings. The summed E-state index contributed by atoms with van der Waals surface area (Å²) in [7, 11) is 0. The molecule has 0 saturated carbocycles. The van der Waals surface area contributed by atoms with Crippen molar-refractivity contribution < 1.29 is 4.79 Å². The minimum absolute atomic E-state index is 0.320. The third-order valence-corrected chi connectivity index (χ3v) is 2.27. The predicted octanol–water partition coefficient (Wildman–Crippen LogP) is 1.71. The molecule has 0 spiro atoms. The number of nitriles is 1. The van der Waals surface area contributed by atoms with E-state index < -0.39 is 5.91 Å². The summed E-state index contributed by atoms with van der Waals surface area (Å²) in [5, 5.41) is 9.87. The molecule has 0 radical (unpaired) electrons. The number of hydrogen-bond acceptors (Lipinski definition) is 3. The molecule has 82 valence electrons. The zero-order valence-electron chi connectivity index (χ0n) is 9.05. The van der Waals surface area contributed by atoms with Crippen LogP contribution in [0.15, 0.2) is 36.9 Å². The van der Waals surface area contributed by atoms with Gasteiger partial charge in [0.1, 0.15) is 0 Å². The number of hydrazine groups is 1. The van der Waals surface area contributed by atoms with Gasteiger partial charge in [0.2, 0.25) is 0 Å². The number of para-hydroxylation sites is 1. The molecule has 0 aromatic heterocycles. The van der Waals surface area contributed by atoms with Crippen molar-refractivity contribution in [3.8, 4) is 6.07 Å². The Kier molecular flexibility index (Phi) is 3.81. The number of nitrogens with zero attached hydrogens (tertiary/aromatic N) is 2. The van der Waals surface area contributed by atoms with Crippen molar-refractivity contribution in [2.24, 2.45) is 5.84 Å². The highest BCUT2D eigenvalue weighted by atomic mass is 16.2. The molecule has 0 fully saturated rings. The molecule has 1 unspecified atom stereocenters. The van der Waals surface area contributed by atoms with Crippen molar-refractivity contribution in [3.05, 3.63) is 42.5 Å². The van der Waals surface area contributed by atoms with E-state index in [1.54, 1.807) is 31.2 Å². The summed E-state index contributed by atoms with van der Waals surface area (Å²) in [6, 6.07) is 9.16. The average Bonchev–Trinajstić information content (AvgIpc) is 2.35. The summed E-state index contributed by atoms with van der Waals surface area (Å²) in [6.45, 7) is 5.12. The maximum absolute atomic E-state index is 11.4. The van der Waals surface area contributed by atoms with Crippen LogP contribution in [0.25, 0.3) is 0 Å². The highest BCUT2D eigenvalue weighted by Crippen LogP contribution is 2.25. The molecule has 0 bridgehead atoms. The van der Waals surface area contributed by atoms with Crippen LogP contribution in [0.1, 0.15) is 18.4 Å². The number of carbonyl (C=O) groups excluding carboxylic acids is 1. The zero-order valence-corrected chi connectivity index (χ0v) is 9.05. The summed E-state index contributed by atoms with van der Waals surface area (Å²) >= 11 is 0. The summed E-state index contributed by atoms with van der Waals surface area (Å²) < 4.78 is 0. The van der Waals surface area contributed by atoms with Crippen LogP contribution in [0.3, 0.4) is 0 Å². The lowest BCUT2D eigenvalue weighted by atomic mass is 10.0. The predicted molar refractivity (Wildman–Crippen MR) is 62.3 cm³/mol. The fraction of sp³-hybridized carbons (Fsp3) is 0.167. The molecule has 0 saturated heterocycles. The lowest BCUT2D eigenvalue weighted by molar-refractivity contribution is -0.114. The maximum Gasteiger partial charge on any atom is 0.264 e. The SMILES string of the molecule is C=CC(=O)N(N)c1ccccc1C(C)C#N. The molecule has 0 aliphatic heterocycles. The van der Waals surface area contributed by atoms with Crippen molar-refractivity contribution in [2.75, 3.05) is 5.01 Å². The normalized spacial score (nSPS) is 11.3. The Labute approximate surface area is 94.6 Å². The molecular weight excluding hydrogens is 202 g/mol. The second kappa shape index (κ2) is 5.10. The minimum atomic E-state index is -0.405. The van der Waals surface area contributed by atoms with E-state index in [4.69, 9.17) is 11.1 Å². The van der Waals surface area contributed by atoms with Gasteiger partial charge in [0.25, 0.3) is 5.91 Å². The van der Waals surface area contributed by atoms with Crippen molar-refractivity contribution in [1.82, 2.24) is 0 Å². The first-order chi connectivity index (χ1) is 7.61. The van der Waals surface area contributed by atoms with Crippen molar-refractivity contribution in [1.29, 1.82) is 5.26 Å². The van der Waals surface area contributed by atoms with Crippen molar-refractivity contribution in [2.45, 2.75) is 12.8 Å². The third kappa shape index (κ3) is 2.27. The molecular formula is C12H13N3O. The molecule has 1 aromatic carbocycles. The molecule has 0 aliphatic carbocycles. The van der Waals surface area contributed by atoms with Gasteiger partial charge >= 0.3 is 0 Å². The van der Waals surface area contributed by atoms with E-state index in [1.165, 1.54) is 0 Å². The molecule has 1 amide bonds. The first-order valence-electron chi connectivity index (χ1n) is 4.81. The van der Waals surface area contributed by atoms with Gasteiger partial charge in [0.05, 0.1) is 17.7 Å². The van der Waals surface area contributed by atoms with Gasteiger partial charge < -0.3 is 0 Å². The molecule has 1 atom stereocenters. The van der Waals surface area contributed by atoms with Gasteiger partial charge in [-0.2, -0.15) is 5.26 Å². The quantitative estimate of drug-likeness (QED) is 0.361. The average molecular weight is 215 g/mol. The van der Waals surface area contributed by atoms with Gasteiger partial charge in [-0.1, -0.05) is 24.8 Å². The summed E-state index contributed by atoms with van der Waals surface area (Å²) in [5.74, 6) is 4.92. The topological polar surface area (TPSA) is 70.1 Å². The van der Waals surface area contributed by atoms with Gasteiger partial charge in [-0.15, -0.1) is 0 Å². The summed E-state index contributed by atoms with van der Waals surface area (Å²) in [6.07, 6.45) is 1.13. The molecule has 0 heterocycles. The number of amides is 1. The number of nitrogens with two attached hydrogens (primary N) is 1. The van der Waals surface area contributed by atoms with Crippen molar-refractivity contribution in [3.63, 3.8) is 0 Å². The van der Waals surface area contributed by atoms with E-state index in [0.29, 0.717) is 5.69 Å². The van der Waals surface area contributed by atoms with Crippen LogP contribution in [0.4, 0.5) is 5.69 Å². The lowest BCUT2D eigenvalue weighted by Crippen LogP contribution is -2.36. The highest BCUT2D eigenvalue weighted by Gasteiger charge is 2.15. The second-order valence-electron chi connectivity index (χ2n) is 3.32. The Morgan fingerprint density at radius 2 is 2.25 bits per heavy atom. The van der Waals surface area contributed by atoms with Crippen LogP contribution < -0.4 is 10.9 Å². The fourth-order valence-corrected chi connectivity index (χ4v) is 1.36. The van der Waals surface area contributed by atoms with E-state index in [9.17, 15) is 4.79 Å². The molecule has 1 aromatic rings. The van der Waals surface area contributed by atoms with Gasteiger partial charge in [0.15, 0.2) is 0 Å². The van der Waals surface area contributed by atoms with E-state index in [2.05, 4.69) is 12.6 Å². The van der Waals surface area contributed by atoms with E-state index in [1.807, 2.05) is 0 Å². The summed E-state index contributed by atoms with van der Waals surface area (Å²) in [5.41, 5.74) is 1.25. The van der Waals surface area contributed by atoms with Crippen LogP contribution in [-0.2, 0) is 4.79 Å². The minimum Gasteiger partial charge on any atom is -0.268 e. The van der Waals surface area contributed by atoms with Crippen molar-refractivity contribution >= 4 is 11.6 Å². The molecule has 1 rings (SSSR count). The molecule has 4 nitrogen and oxygen atoms in total. The van der Waals surface area contributed by atoms with Crippen LogP contribution >= 0.6 is 0 Å². The van der Waals surface area contributed by atoms with Crippen LogP contribution in [0, 0.1) is 11.3 Å². The van der Waals surface area contributed by atoms with Crippen LogP contribution in [0.5, 0.6) is 0 Å². The lowest BCUT2D eigenvalue weighted by Gasteiger charge is -2.19. The second-order valence-corrected chi connectivity index (χ2v) is 3.32. The van der Waals surface area contributed by atoms with E-state index in [0.717, 1.165) is 16.6 Å². The van der Waals surface area contributed by atoms with E-state index in [-0.39, 0.29) is 5.92 Å². The fourth-order valence-electron chi connectivity index (χ4n) is 1.36. The Hall–Kier alpha value is -2.12. The van der Waals surface area contributed by atoms with Gasteiger partial charge in [0, 0.05) is 0 Å². The number of anilines is 1. The largest absolute Gasteiger partial charge is 0.268 e. The number of carbonyl (C=O) groups is 1. The Morgan fingerprint density at radius 3 is 2.81 bits per heavy atom. The molecule has 16 heavy (non-hydrogen) atoms. The van der Waals surface area contributed by atoms with Crippen LogP contribution in [0.2, 0.25) is 0 Å². The number of hydrogen-bond donors (Lipinski definition) is 1. The Balaban J connectivity index is 3.18. The first kappa shape index (κ1) is 12.0. The standard InChI is InChI=1S/C12H13N3O/c1-3-12(16)15(14)11-7-5-4-6-10(11)9(2)8-13/h3-7,9H,1,14H2,2H3. The highest BCUT2D eigenvalue weighted by molar-refractivity contribution is 6.00. The van der Waals surface area contributed by atoms with E-state index >= 15 is 0 Å². The van der Waals surface area contributed by atoms with Gasteiger partial charge in [-0.25, -0.2) is 10.9 Å². The van der Waals surface area contributed by atoms with Gasteiger partial charge in [-0.3, -0.25) is 4.79 Å². The van der Waals surface area contributed by atoms with Crippen LogP contribution in [-0.4, -0.2) is 5.91 Å². The zero-order chi connectivity index (χ0) is 12.1. The maximum atomic E-state index is 11.4. The number of rotatable bonds is 3. The Bertz CT molecular complexity index is 448. The monoisotopic (exact) mass is 215 g/mol. The first-order valence-corrected chi connectivity index (χ1v) is 4.81.